The molecule has 0 amide bonds. The van der Waals surface area contributed by atoms with E-state index in [1.54, 1.807) is 0 Å². The second kappa shape index (κ2) is 4.80. The van der Waals surface area contributed by atoms with Crippen molar-refractivity contribution < 1.29 is 4.79 Å². The molecule has 2 aromatic rings. The Balaban J connectivity index is 1.52. The lowest BCUT2D eigenvalue weighted by atomic mass is 9.92. The lowest BCUT2D eigenvalue weighted by Crippen LogP contribution is -2.08. The minimum absolute atomic E-state index is 0.233. The van der Waals surface area contributed by atoms with E-state index in [1.165, 1.54) is 17.5 Å². The van der Waals surface area contributed by atoms with Crippen molar-refractivity contribution in [1.29, 1.82) is 0 Å². The Hall–Kier alpha value is -1.96. The molecule has 2 heteroatoms. The number of fused-ring (bicyclic) bond motifs is 3. The second-order valence-corrected chi connectivity index (χ2v) is 6.42. The fourth-order valence-electron chi connectivity index (χ4n) is 3.90. The number of aryl methyl sites for hydroxylation is 2. The number of carbonyl (C=O) groups is 1. The Labute approximate surface area is 125 Å². The van der Waals surface area contributed by atoms with Crippen LogP contribution in [0.1, 0.15) is 34.7 Å². The van der Waals surface area contributed by atoms with Gasteiger partial charge in [-0.3, -0.25) is 9.78 Å². The molecule has 1 aromatic carbocycles. The van der Waals surface area contributed by atoms with Gasteiger partial charge in [-0.15, -0.1) is 0 Å². The van der Waals surface area contributed by atoms with Crippen LogP contribution in [0.15, 0.2) is 42.6 Å². The van der Waals surface area contributed by atoms with E-state index in [0.717, 1.165) is 17.7 Å². The smallest absolute Gasteiger partial charge is 0.142 e. The molecule has 0 saturated heterocycles. The zero-order chi connectivity index (χ0) is 14.4. The Bertz CT molecular complexity index is 689. The highest BCUT2D eigenvalue weighted by atomic mass is 16.1. The summed E-state index contributed by atoms with van der Waals surface area (Å²) in [6.45, 7) is 2.02. The normalized spacial score (nSPS) is 25.9. The molecule has 2 nitrogen and oxygen atoms in total. The van der Waals surface area contributed by atoms with Crippen LogP contribution in [0.2, 0.25) is 0 Å². The average molecular weight is 277 g/mol. The molecule has 0 aliphatic heterocycles. The van der Waals surface area contributed by atoms with E-state index < -0.39 is 0 Å². The lowest BCUT2D eigenvalue weighted by molar-refractivity contribution is -0.120. The molecule has 0 bridgehead atoms. The fraction of sp³-hybridized carbons (Fsp3) is 0.368. The zero-order valence-electron chi connectivity index (χ0n) is 12.3. The van der Waals surface area contributed by atoms with E-state index in [-0.39, 0.29) is 5.92 Å². The topological polar surface area (TPSA) is 30.0 Å². The summed E-state index contributed by atoms with van der Waals surface area (Å²) in [7, 11) is 0. The summed E-state index contributed by atoms with van der Waals surface area (Å²) in [6, 6.07) is 12.6. The van der Waals surface area contributed by atoms with Crippen LogP contribution in [0, 0.1) is 18.8 Å². The third-order valence-corrected chi connectivity index (χ3v) is 5.03. The highest BCUT2D eigenvalue weighted by molar-refractivity contribution is 5.87. The monoisotopic (exact) mass is 277 g/mol. The summed E-state index contributed by atoms with van der Waals surface area (Å²) < 4.78 is 0. The number of carbonyl (C=O) groups excluding carboxylic acids is 1. The maximum absolute atomic E-state index is 12.6. The predicted molar refractivity (Wildman–Crippen MR) is 82.2 cm³/mol. The third-order valence-electron chi connectivity index (χ3n) is 5.03. The van der Waals surface area contributed by atoms with Gasteiger partial charge >= 0.3 is 0 Å². The van der Waals surface area contributed by atoms with Crippen molar-refractivity contribution >= 4 is 5.78 Å². The van der Waals surface area contributed by atoms with Crippen molar-refractivity contribution in [3.8, 4) is 0 Å². The first-order valence-electron chi connectivity index (χ1n) is 7.76. The molecule has 0 radical (unpaired) electrons. The molecular formula is C19H19NO. The van der Waals surface area contributed by atoms with E-state index in [0.29, 0.717) is 24.0 Å². The van der Waals surface area contributed by atoms with E-state index in [4.69, 9.17) is 0 Å². The number of benzene rings is 1. The van der Waals surface area contributed by atoms with Crippen LogP contribution in [0.5, 0.6) is 0 Å². The minimum Gasteiger partial charge on any atom is -0.299 e. The van der Waals surface area contributed by atoms with Crippen LogP contribution in [0.25, 0.3) is 0 Å². The maximum atomic E-state index is 12.6. The van der Waals surface area contributed by atoms with Gasteiger partial charge in [0.25, 0.3) is 0 Å². The van der Waals surface area contributed by atoms with Crippen LogP contribution >= 0.6 is 0 Å². The van der Waals surface area contributed by atoms with Gasteiger partial charge in [0, 0.05) is 24.2 Å². The van der Waals surface area contributed by atoms with Gasteiger partial charge in [0.1, 0.15) is 5.78 Å². The molecule has 106 valence electrons. The quantitative estimate of drug-likeness (QED) is 0.859. The summed E-state index contributed by atoms with van der Waals surface area (Å²) in [5.74, 6) is 1.67. The number of rotatable bonds is 3. The molecule has 4 rings (SSSR count). The summed E-state index contributed by atoms with van der Waals surface area (Å²) in [4.78, 5) is 17.0. The second-order valence-electron chi connectivity index (χ2n) is 6.42. The third kappa shape index (κ3) is 2.19. The summed E-state index contributed by atoms with van der Waals surface area (Å²) in [5, 5.41) is 0. The number of pyridine rings is 1. The van der Waals surface area contributed by atoms with Gasteiger partial charge in [-0.25, -0.2) is 0 Å². The highest BCUT2D eigenvalue weighted by Crippen LogP contribution is 2.60. The molecule has 3 atom stereocenters. The van der Waals surface area contributed by atoms with E-state index in [9.17, 15) is 4.79 Å². The summed E-state index contributed by atoms with van der Waals surface area (Å²) in [5.41, 5.74) is 4.91. The molecule has 1 heterocycles. The lowest BCUT2D eigenvalue weighted by Gasteiger charge is -2.13. The first-order valence-corrected chi connectivity index (χ1v) is 7.76. The van der Waals surface area contributed by atoms with Crippen molar-refractivity contribution in [2.45, 2.75) is 32.1 Å². The Morgan fingerprint density at radius 3 is 2.90 bits per heavy atom. The van der Waals surface area contributed by atoms with Gasteiger partial charge in [-0.2, -0.15) is 0 Å². The van der Waals surface area contributed by atoms with Crippen molar-refractivity contribution in [3.63, 3.8) is 0 Å². The molecule has 1 saturated carbocycles. The Morgan fingerprint density at radius 1 is 1.24 bits per heavy atom. The summed E-state index contributed by atoms with van der Waals surface area (Å²) >= 11 is 0. The van der Waals surface area contributed by atoms with Gasteiger partial charge in [0.05, 0.1) is 0 Å². The number of nitrogens with zero attached hydrogens (tertiary/aromatic N) is 1. The van der Waals surface area contributed by atoms with Gasteiger partial charge in [0.2, 0.25) is 0 Å². The van der Waals surface area contributed by atoms with Gasteiger partial charge in [-0.1, -0.05) is 30.3 Å². The minimum atomic E-state index is 0.233. The number of hydrogen-bond donors (Lipinski definition) is 0. The van der Waals surface area contributed by atoms with Gasteiger partial charge in [0.15, 0.2) is 0 Å². The standard InChI is InChI=1S/C19H19NO/c1-12-6-8-14(20-11-12)10-17(21)19-16-9-7-13-4-2-3-5-15(13)18(16)19/h2-6,8,11,16,18-19H,7,9-10H2,1H3. The van der Waals surface area contributed by atoms with Crippen molar-refractivity contribution in [2.24, 2.45) is 11.8 Å². The summed E-state index contributed by atoms with van der Waals surface area (Å²) in [6.07, 6.45) is 4.63. The van der Waals surface area contributed by atoms with Crippen LogP contribution in [-0.4, -0.2) is 10.8 Å². The van der Waals surface area contributed by atoms with E-state index >= 15 is 0 Å². The van der Waals surface area contributed by atoms with Crippen LogP contribution in [0.3, 0.4) is 0 Å². The number of ketones is 1. The van der Waals surface area contributed by atoms with E-state index in [2.05, 4.69) is 29.2 Å². The van der Waals surface area contributed by atoms with Gasteiger partial charge in [-0.05, 0) is 54.4 Å². The van der Waals surface area contributed by atoms with Crippen LogP contribution in [0.4, 0.5) is 0 Å². The predicted octanol–water partition coefficient (Wildman–Crippen LogP) is 3.48. The molecule has 2 aliphatic carbocycles. The fourth-order valence-corrected chi connectivity index (χ4v) is 3.90. The first kappa shape index (κ1) is 12.8. The SMILES string of the molecule is Cc1ccc(CC(=O)C2C3CCc4ccccc4C32)nc1. The molecule has 1 fully saturated rings. The molecule has 2 aliphatic rings. The molecule has 21 heavy (non-hydrogen) atoms. The molecule has 0 spiro atoms. The van der Waals surface area contributed by atoms with Crippen LogP contribution < -0.4 is 0 Å². The molecular weight excluding hydrogens is 258 g/mol. The number of Topliss-reactive ketones (excluding diaryl/α,β-unsaturated/α-hetero) is 1. The van der Waals surface area contributed by atoms with Crippen LogP contribution in [-0.2, 0) is 17.6 Å². The zero-order valence-corrected chi connectivity index (χ0v) is 12.3. The maximum Gasteiger partial charge on any atom is 0.142 e. The Morgan fingerprint density at radius 2 is 2.10 bits per heavy atom. The van der Waals surface area contributed by atoms with Crippen molar-refractivity contribution in [2.75, 3.05) is 0 Å². The molecule has 0 N–H and O–H groups in total. The first-order chi connectivity index (χ1) is 10.2. The van der Waals surface area contributed by atoms with Crippen molar-refractivity contribution in [3.05, 3.63) is 65.0 Å². The molecule has 3 unspecified atom stereocenters. The number of aromatic nitrogens is 1. The highest BCUT2D eigenvalue weighted by Gasteiger charge is 2.56. The molecule has 1 aromatic heterocycles. The van der Waals surface area contributed by atoms with Gasteiger partial charge < -0.3 is 0 Å². The van der Waals surface area contributed by atoms with Crippen molar-refractivity contribution in [1.82, 2.24) is 4.98 Å². The number of hydrogen-bond acceptors (Lipinski definition) is 2. The largest absolute Gasteiger partial charge is 0.299 e. The average Bonchev–Trinajstić information content (AvgIpc) is 3.25. The Kier molecular flexibility index (Phi) is 2.91. The van der Waals surface area contributed by atoms with E-state index in [1.807, 2.05) is 25.3 Å².